The van der Waals surface area contributed by atoms with Crippen LogP contribution in [-0.4, -0.2) is 5.11 Å². The maximum atomic E-state index is 9.51. The maximum Gasteiger partial charge on any atom is 0.120 e. The first-order chi connectivity index (χ1) is 8.66. The Hall–Kier alpha value is -1.32. The van der Waals surface area contributed by atoms with Gasteiger partial charge in [-0.25, -0.2) is 0 Å². The summed E-state index contributed by atoms with van der Waals surface area (Å²) in [6, 6.07) is 15.5. The normalized spacial score (nSPS) is 12.2. The highest BCUT2D eigenvalue weighted by Gasteiger charge is 2.03. The summed E-state index contributed by atoms with van der Waals surface area (Å²) in [5.41, 5.74) is 1.96. The zero-order chi connectivity index (χ0) is 13.0. The highest BCUT2D eigenvalue weighted by atomic mass is 79.9. The van der Waals surface area contributed by atoms with Crippen LogP contribution in [0, 0.1) is 0 Å². The first kappa shape index (κ1) is 13.1. The topological polar surface area (TPSA) is 29.5 Å². The van der Waals surface area contributed by atoms with Crippen LogP contribution < -0.4 is 4.74 Å². The van der Waals surface area contributed by atoms with Crippen LogP contribution >= 0.6 is 15.9 Å². The maximum absolute atomic E-state index is 9.51. The lowest BCUT2D eigenvalue weighted by atomic mass is 10.1. The molecule has 0 heterocycles. The summed E-state index contributed by atoms with van der Waals surface area (Å²) in [6.07, 6.45) is -0.475. The van der Waals surface area contributed by atoms with E-state index in [1.54, 1.807) is 6.92 Å². The molecular formula is C15H15BrO2. The Bertz CT molecular complexity index is 523. The molecule has 0 radical (unpaired) electrons. The lowest BCUT2D eigenvalue weighted by molar-refractivity contribution is 0.198. The fourth-order valence-electron chi connectivity index (χ4n) is 1.64. The zero-order valence-electron chi connectivity index (χ0n) is 10.1. The van der Waals surface area contributed by atoms with E-state index in [0.717, 1.165) is 21.3 Å². The van der Waals surface area contributed by atoms with Gasteiger partial charge >= 0.3 is 0 Å². The van der Waals surface area contributed by atoms with Crippen LogP contribution in [0.25, 0.3) is 0 Å². The number of halogens is 1. The third-order valence-corrected chi connectivity index (χ3v) is 3.47. The van der Waals surface area contributed by atoms with Crippen molar-refractivity contribution < 1.29 is 9.84 Å². The summed E-state index contributed by atoms with van der Waals surface area (Å²) in [5, 5.41) is 9.51. The van der Waals surface area contributed by atoms with E-state index < -0.39 is 6.10 Å². The molecule has 0 bridgehead atoms. The van der Waals surface area contributed by atoms with Crippen LogP contribution in [0.5, 0.6) is 5.75 Å². The second kappa shape index (κ2) is 6.03. The van der Waals surface area contributed by atoms with E-state index in [1.165, 1.54) is 0 Å². The van der Waals surface area contributed by atoms with Gasteiger partial charge in [0.15, 0.2) is 0 Å². The van der Waals surface area contributed by atoms with Gasteiger partial charge in [0, 0.05) is 10.0 Å². The lowest BCUT2D eigenvalue weighted by Gasteiger charge is -2.10. The number of rotatable bonds is 4. The quantitative estimate of drug-likeness (QED) is 0.922. The van der Waals surface area contributed by atoms with E-state index in [9.17, 15) is 5.11 Å². The van der Waals surface area contributed by atoms with Crippen molar-refractivity contribution in [3.63, 3.8) is 0 Å². The van der Waals surface area contributed by atoms with Crippen molar-refractivity contribution >= 4 is 15.9 Å². The van der Waals surface area contributed by atoms with Crippen molar-refractivity contribution in [1.82, 2.24) is 0 Å². The monoisotopic (exact) mass is 306 g/mol. The van der Waals surface area contributed by atoms with Crippen molar-refractivity contribution in [2.45, 2.75) is 19.6 Å². The van der Waals surface area contributed by atoms with Gasteiger partial charge < -0.3 is 9.84 Å². The Balaban J connectivity index is 2.07. The average molecular weight is 307 g/mol. The summed E-state index contributed by atoms with van der Waals surface area (Å²) in [4.78, 5) is 0. The van der Waals surface area contributed by atoms with E-state index in [4.69, 9.17) is 4.74 Å². The standard InChI is InChI=1S/C15H15BrO2/c1-11(17)12-6-4-7-14(9-12)18-10-13-5-2-3-8-15(13)16/h2-9,11,17H,10H2,1H3. The molecule has 18 heavy (non-hydrogen) atoms. The molecule has 1 unspecified atom stereocenters. The summed E-state index contributed by atoms with van der Waals surface area (Å²) in [5.74, 6) is 0.768. The highest BCUT2D eigenvalue weighted by Crippen LogP contribution is 2.22. The Morgan fingerprint density at radius 1 is 1.17 bits per heavy atom. The SMILES string of the molecule is CC(O)c1cccc(OCc2ccccc2Br)c1. The van der Waals surface area contributed by atoms with Gasteiger partial charge in [-0.1, -0.05) is 46.3 Å². The Kier molecular flexibility index (Phi) is 4.39. The second-order valence-corrected chi connectivity index (χ2v) is 4.98. The Morgan fingerprint density at radius 2 is 1.94 bits per heavy atom. The van der Waals surface area contributed by atoms with Crippen LogP contribution in [0.4, 0.5) is 0 Å². The lowest BCUT2D eigenvalue weighted by Crippen LogP contribution is -1.97. The van der Waals surface area contributed by atoms with Gasteiger partial charge in [-0.15, -0.1) is 0 Å². The molecule has 1 atom stereocenters. The van der Waals surface area contributed by atoms with E-state index >= 15 is 0 Å². The van der Waals surface area contributed by atoms with Crippen molar-refractivity contribution in [3.8, 4) is 5.75 Å². The zero-order valence-corrected chi connectivity index (χ0v) is 11.7. The Labute approximate surface area is 115 Å². The third kappa shape index (κ3) is 3.34. The fraction of sp³-hybridized carbons (Fsp3) is 0.200. The van der Waals surface area contributed by atoms with E-state index in [0.29, 0.717) is 6.61 Å². The molecule has 0 aliphatic heterocycles. The third-order valence-electron chi connectivity index (χ3n) is 2.69. The van der Waals surface area contributed by atoms with E-state index in [1.807, 2.05) is 48.5 Å². The van der Waals surface area contributed by atoms with Gasteiger partial charge in [-0.2, -0.15) is 0 Å². The molecule has 2 aromatic rings. The molecule has 94 valence electrons. The number of ether oxygens (including phenoxy) is 1. The van der Waals surface area contributed by atoms with Crippen LogP contribution in [0.1, 0.15) is 24.2 Å². The smallest absolute Gasteiger partial charge is 0.120 e. The number of benzene rings is 2. The van der Waals surface area contributed by atoms with Gasteiger partial charge in [-0.3, -0.25) is 0 Å². The second-order valence-electron chi connectivity index (χ2n) is 4.13. The molecule has 2 nitrogen and oxygen atoms in total. The molecule has 0 saturated heterocycles. The summed E-state index contributed by atoms with van der Waals surface area (Å²) >= 11 is 3.49. The molecule has 2 aromatic carbocycles. The first-order valence-electron chi connectivity index (χ1n) is 5.81. The Morgan fingerprint density at radius 3 is 2.67 bits per heavy atom. The van der Waals surface area contributed by atoms with Gasteiger partial charge in [0.05, 0.1) is 6.10 Å². The first-order valence-corrected chi connectivity index (χ1v) is 6.60. The van der Waals surface area contributed by atoms with Gasteiger partial charge in [0.1, 0.15) is 12.4 Å². The molecule has 0 fully saturated rings. The van der Waals surface area contributed by atoms with Crippen LogP contribution in [0.3, 0.4) is 0 Å². The number of hydrogen-bond donors (Lipinski definition) is 1. The molecule has 0 aromatic heterocycles. The molecule has 1 N–H and O–H groups in total. The molecule has 0 saturated carbocycles. The molecular weight excluding hydrogens is 292 g/mol. The minimum Gasteiger partial charge on any atom is -0.489 e. The van der Waals surface area contributed by atoms with Crippen molar-refractivity contribution in [2.75, 3.05) is 0 Å². The van der Waals surface area contributed by atoms with Crippen molar-refractivity contribution in [3.05, 3.63) is 64.1 Å². The van der Waals surface area contributed by atoms with Crippen molar-refractivity contribution in [2.24, 2.45) is 0 Å². The number of aliphatic hydroxyl groups excluding tert-OH is 1. The highest BCUT2D eigenvalue weighted by molar-refractivity contribution is 9.10. The largest absolute Gasteiger partial charge is 0.489 e. The molecule has 0 aliphatic rings. The van der Waals surface area contributed by atoms with Crippen LogP contribution in [0.2, 0.25) is 0 Å². The van der Waals surface area contributed by atoms with E-state index in [-0.39, 0.29) is 0 Å². The predicted molar refractivity (Wildman–Crippen MR) is 75.5 cm³/mol. The number of hydrogen-bond acceptors (Lipinski definition) is 2. The minimum absolute atomic E-state index is 0.475. The minimum atomic E-state index is -0.475. The predicted octanol–water partition coefficient (Wildman–Crippen LogP) is 4.08. The van der Waals surface area contributed by atoms with Crippen molar-refractivity contribution in [1.29, 1.82) is 0 Å². The fourth-order valence-corrected chi connectivity index (χ4v) is 2.04. The summed E-state index contributed by atoms with van der Waals surface area (Å²) in [6.45, 7) is 2.25. The average Bonchev–Trinajstić information content (AvgIpc) is 2.38. The van der Waals surface area contributed by atoms with Crippen LogP contribution in [-0.2, 0) is 6.61 Å². The summed E-state index contributed by atoms with van der Waals surface area (Å²) in [7, 11) is 0. The van der Waals surface area contributed by atoms with Crippen LogP contribution in [0.15, 0.2) is 53.0 Å². The van der Waals surface area contributed by atoms with Gasteiger partial charge in [0.25, 0.3) is 0 Å². The molecule has 0 amide bonds. The van der Waals surface area contributed by atoms with Gasteiger partial charge in [-0.05, 0) is 30.7 Å². The number of aliphatic hydroxyl groups is 1. The van der Waals surface area contributed by atoms with Gasteiger partial charge in [0.2, 0.25) is 0 Å². The molecule has 2 rings (SSSR count). The van der Waals surface area contributed by atoms with E-state index in [2.05, 4.69) is 15.9 Å². The summed E-state index contributed by atoms with van der Waals surface area (Å²) < 4.78 is 6.76. The molecule has 3 heteroatoms. The molecule has 0 aliphatic carbocycles. The molecule has 0 spiro atoms.